The summed E-state index contributed by atoms with van der Waals surface area (Å²) < 4.78 is 0. The van der Waals surface area contributed by atoms with Gasteiger partial charge in [0.15, 0.2) is 0 Å². The molecule has 1 aromatic heterocycles. The van der Waals surface area contributed by atoms with Crippen LogP contribution in [-0.4, -0.2) is 15.9 Å². The van der Waals surface area contributed by atoms with Crippen molar-refractivity contribution >= 4 is 11.7 Å². The number of anilines is 1. The van der Waals surface area contributed by atoms with Gasteiger partial charge in [-0.3, -0.25) is 4.79 Å². The molecule has 5 heteroatoms. The van der Waals surface area contributed by atoms with Crippen LogP contribution < -0.4 is 10.6 Å². The standard InChI is InChI=1S/C22H24N4O/c1-15-9-7-8-12-19(15)14-23-21-13-20(25-17(3)26-21)22(27)24-16(2)18-10-5-4-6-11-18/h4-13,16H,14H2,1-3H3,(H,24,27)(H,23,25,26). The third-order valence-corrected chi connectivity index (χ3v) is 4.44. The van der Waals surface area contributed by atoms with Gasteiger partial charge in [-0.25, -0.2) is 9.97 Å². The van der Waals surface area contributed by atoms with Crippen molar-refractivity contribution in [3.8, 4) is 0 Å². The molecule has 0 fully saturated rings. The molecule has 1 atom stereocenters. The van der Waals surface area contributed by atoms with Crippen LogP contribution in [0.2, 0.25) is 0 Å². The Morgan fingerprint density at radius 1 is 1.00 bits per heavy atom. The molecular formula is C22H24N4O. The van der Waals surface area contributed by atoms with Gasteiger partial charge in [0.05, 0.1) is 6.04 Å². The molecule has 0 aliphatic rings. The van der Waals surface area contributed by atoms with Gasteiger partial charge in [0.1, 0.15) is 17.3 Å². The lowest BCUT2D eigenvalue weighted by Gasteiger charge is -2.15. The number of hydrogen-bond donors (Lipinski definition) is 2. The molecule has 0 bridgehead atoms. The van der Waals surface area contributed by atoms with Crippen LogP contribution in [0.4, 0.5) is 5.82 Å². The molecule has 2 aromatic carbocycles. The van der Waals surface area contributed by atoms with Crippen LogP contribution in [0, 0.1) is 13.8 Å². The largest absolute Gasteiger partial charge is 0.366 e. The Hall–Kier alpha value is -3.21. The Morgan fingerprint density at radius 3 is 2.44 bits per heavy atom. The van der Waals surface area contributed by atoms with E-state index in [2.05, 4.69) is 39.7 Å². The second-order valence-electron chi connectivity index (χ2n) is 6.57. The van der Waals surface area contributed by atoms with Crippen LogP contribution in [0.1, 0.15) is 46.0 Å². The summed E-state index contributed by atoms with van der Waals surface area (Å²) in [6.07, 6.45) is 0. The minimum absolute atomic E-state index is 0.0997. The first-order valence-electron chi connectivity index (χ1n) is 9.03. The van der Waals surface area contributed by atoms with E-state index in [-0.39, 0.29) is 11.9 Å². The number of aryl methyl sites for hydroxylation is 2. The SMILES string of the molecule is Cc1nc(NCc2ccccc2C)cc(C(=O)NC(C)c2ccccc2)n1. The average molecular weight is 360 g/mol. The van der Waals surface area contributed by atoms with Crippen molar-refractivity contribution in [3.63, 3.8) is 0 Å². The molecule has 0 saturated heterocycles. The number of nitrogens with one attached hydrogen (secondary N) is 2. The summed E-state index contributed by atoms with van der Waals surface area (Å²) in [5, 5.41) is 6.28. The van der Waals surface area contributed by atoms with Gasteiger partial charge in [0, 0.05) is 12.6 Å². The summed E-state index contributed by atoms with van der Waals surface area (Å²) >= 11 is 0. The Morgan fingerprint density at radius 2 is 1.70 bits per heavy atom. The summed E-state index contributed by atoms with van der Waals surface area (Å²) in [5.74, 6) is 0.987. The molecule has 0 spiro atoms. The molecule has 3 rings (SSSR count). The highest BCUT2D eigenvalue weighted by atomic mass is 16.1. The number of aromatic nitrogens is 2. The Kier molecular flexibility index (Phi) is 5.81. The van der Waals surface area contributed by atoms with E-state index in [1.54, 1.807) is 13.0 Å². The lowest BCUT2D eigenvalue weighted by molar-refractivity contribution is 0.0934. The first-order chi connectivity index (χ1) is 13.0. The monoisotopic (exact) mass is 360 g/mol. The van der Waals surface area contributed by atoms with E-state index in [1.165, 1.54) is 11.1 Å². The number of nitrogens with zero attached hydrogens (tertiary/aromatic N) is 2. The zero-order chi connectivity index (χ0) is 19.2. The predicted molar refractivity (Wildman–Crippen MR) is 108 cm³/mol. The van der Waals surface area contributed by atoms with E-state index in [9.17, 15) is 4.79 Å². The van der Waals surface area contributed by atoms with Crippen LogP contribution in [0.3, 0.4) is 0 Å². The molecule has 0 aliphatic heterocycles. The molecule has 0 saturated carbocycles. The normalized spacial score (nSPS) is 11.7. The fourth-order valence-electron chi connectivity index (χ4n) is 2.86. The van der Waals surface area contributed by atoms with Crippen molar-refractivity contribution in [3.05, 3.63) is 88.9 Å². The maximum absolute atomic E-state index is 12.6. The van der Waals surface area contributed by atoms with Gasteiger partial charge in [-0.1, -0.05) is 54.6 Å². The molecule has 0 aliphatic carbocycles. The lowest BCUT2D eigenvalue weighted by atomic mass is 10.1. The molecule has 1 unspecified atom stereocenters. The molecule has 1 amide bonds. The summed E-state index contributed by atoms with van der Waals surface area (Å²) in [6, 6.07) is 19.6. The zero-order valence-corrected chi connectivity index (χ0v) is 15.9. The first-order valence-corrected chi connectivity index (χ1v) is 9.03. The molecule has 3 aromatic rings. The fourth-order valence-corrected chi connectivity index (χ4v) is 2.86. The molecule has 1 heterocycles. The van der Waals surface area contributed by atoms with Crippen molar-refractivity contribution < 1.29 is 4.79 Å². The molecule has 2 N–H and O–H groups in total. The number of amides is 1. The third-order valence-electron chi connectivity index (χ3n) is 4.44. The van der Waals surface area contributed by atoms with E-state index in [0.717, 1.165) is 5.56 Å². The van der Waals surface area contributed by atoms with Crippen LogP contribution in [0.15, 0.2) is 60.7 Å². The fraction of sp³-hybridized carbons (Fsp3) is 0.227. The van der Waals surface area contributed by atoms with Gasteiger partial charge in [-0.15, -0.1) is 0 Å². The van der Waals surface area contributed by atoms with E-state index >= 15 is 0 Å². The Labute approximate surface area is 159 Å². The van der Waals surface area contributed by atoms with E-state index < -0.39 is 0 Å². The molecule has 0 radical (unpaired) electrons. The van der Waals surface area contributed by atoms with Crippen molar-refractivity contribution in [1.82, 2.24) is 15.3 Å². The average Bonchev–Trinajstić information content (AvgIpc) is 2.67. The third kappa shape index (κ3) is 4.91. The molecular weight excluding hydrogens is 336 g/mol. The molecule has 138 valence electrons. The van der Waals surface area contributed by atoms with Crippen LogP contribution >= 0.6 is 0 Å². The Bertz CT molecular complexity index is 925. The first kappa shape index (κ1) is 18.6. The second-order valence-corrected chi connectivity index (χ2v) is 6.57. The van der Waals surface area contributed by atoms with Crippen molar-refractivity contribution in [1.29, 1.82) is 0 Å². The van der Waals surface area contributed by atoms with Gasteiger partial charge in [0.2, 0.25) is 0 Å². The Balaban J connectivity index is 1.71. The molecule has 5 nitrogen and oxygen atoms in total. The predicted octanol–water partition coefficient (Wildman–Crippen LogP) is 4.20. The highest BCUT2D eigenvalue weighted by molar-refractivity contribution is 5.93. The number of rotatable bonds is 6. The quantitative estimate of drug-likeness (QED) is 0.691. The van der Waals surface area contributed by atoms with Gasteiger partial charge >= 0.3 is 0 Å². The van der Waals surface area contributed by atoms with E-state index in [4.69, 9.17) is 0 Å². The lowest BCUT2D eigenvalue weighted by Crippen LogP contribution is -2.28. The van der Waals surface area contributed by atoms with Crippen molar-refractivity contribution in [2.24, 2.45) is 0 Å². The smallest absolute Gasteiger partial charge is 0.270 e. The van der Waals surface area contributed by atoms with Gasteiger partial charge in [-0.05, 0) is 37.5 Å². The number of benzene rings is 2. The van der Waals surface area contributed by atoms with E-state index in [0.29, 0.717) is 23.9 Å². The van der Waals surface area contributed by atoms with Crippen LogP contribution in [-0.2, 0) is 6.54 Å². The number of hydrogen-bond acceptors (Lipinski definition) is 4. The minimum Gasteiger partial charge on any atom is -0.366 e. The number of carbonyl (C=O) groups excluding carboxylic acids is 1. The van der Waals surface area contributed by atoms with E-state index in [1.807, 2.05) is 49.4 Å². The topological polar surface area (TPSA) is 66.9 Å². The minimum atomic E-state index is -0.212. The van der Waals surface area contributed by atoms with Gasteiger partial charge < -0.3 is 10.6 Å². The summed E-state index contributed by atoms with van der Waals surface area (Å²) in [5.41, 5.74) is 3.81. The summed E-state index contributed by atoms with van der Waals surface area (Å²) in [7, 11) is 0. The van der Waals surface area contributed by atoms with Crippen LogP contribution in [0.5, 0.6) is 0 Å². The van der Waals surface area contributed by atoms with Crippen LogP contribution in [0.25, 0.3) is 0 Å². The maximum atomic E-state index is 12.6. The van der Waals surface area contributed by atoms with Crippen molar-refractivity contribution in [2.75, 3.05) is 5.32 Å². The second kappa shape index (κ2) is 8.45. The van der Waals surface area contributed by atoms with Gasteiger partial charge in [-0.2, -0.15) is 0 Å². The summed E-state index contributed by atoms with van der Waals surface area (Å²) in [4.78, 5) is 21.3. The highest BCUT2D eigenvalue weighted by Crippen LogP contribution is 2.14. The highest BCUT2D eigenvalue weighted by Gasteiger charge is 2.14. The number of carbonyl (C=O) groups is 1. The van der Waals surface area contributed by atoms with Gasteiger partial charge in [0.25, 0.3) is 5.91 Å². The van der Waals surface area contributed by atoms with Crippen molar-refractivity contribution in [2.45, 2.75) is 33.4 Å². The maximum Gasteiger partial charge on any atom is 0.270 e. The zero-order valence-electron chi connectivity index (χ0n) is 15.9. The molecule has 27 heavy (non-hydrogen) atoms. The summed E-state index contributed by atoms with van der Waals surface area (Å²) in [6.45, 7) is 6.46.